The number of carbonyl (C=O) groups excluding carboxylic acids is 1. The topological polar surface area (TPSA) is 102 Å². The Labute approximate surface area is 143 Å². The maximum absolute atomic E-state index is 11.6. The first-order chi connectivity index (χ1) is 11.4. The van der Waals surface area contributed by atoms with E-state index in [1.165, 1.54) is 6.20 Å². The number of hydrogen-bond donors (Lipinski definition) is 3. The number of anilines is 2. The van der Waals surface area contributed by atoms with E-state index in [0.717, 1.165) is 25.7 Å². The summed E-state index contributed by atoms with van der Waals surface area (Å²) < 4.78 is 5.40. The highest BCUT2D eigenvalue weighted by Crippen LogP contribution is 2.24. The molecule has 24 heavy (non-hydrogen) atoms. The Kier molecular flexibility index (Phi) is 6.36. The molecule has 4 N–H and O–H groups in total. The van der Waals surface area contributed by atoms with Crippen LogP contribution in [0.4, 0.5) is 11.8 Å². The third-order valence-corrected chi connectivity index (χ3v) is 4.76. The summed E-state index contributed by atoms with van der Waals surface area (Å²) in [6, 6.07) is 0.495. The highest BCUT2D eigenvalue weighted by atomic mass is 16.5. The summed E-state index contributed by atoms with van der Waals surface area (Å²) in [7, 11) is 1.76. The Bertz CT molecular complexity index is 556. The minimum Gasteiger partial charge on any atom is -0.381 e. The van der Waals surface area contributed by atoms with Crippen LogP contribution in [-0.2, 0) is 4.74 Å². The monoisotopic (exact) mass is 335 g/mol. The third-order valence-electron chi connectivity index (χ3n) is 4.76. The molecule has 0 aromatic carbocycles. The largest absolute Gasteiger partial charge is 0.381 e. The molecule has 0 bridgehead atoms. The second-order valence-electron chi connectivity index (χ2n) is 6.85. The van der Waals surface area contributed by atoms with E-state index in [4.69, 9.17) is 10.5 Å². The minimum atomic E-state index is -0.527. The first kappa shape index (κ1) is 18.4. The Morgan fingerprint density at radius 3 is 2.50 bits per heavy atom. The lowest BCUT2D eigenvalue weighted by Gasteiger charge is -2.28. The molecule has 1 aliphatic rings. The summed E-state index contributed by atoms with van der Waals surface area (Å²) in [4.78, 5) is 20.3. The highest BCUT2D eigenvalue weighted by Gasteiger charge is 2.22. The summed E-state index contributed by atoms with van der Waals surface area (Å²) in [6.07, 6.45) is 5.94. The van der Waals surface area contributed by atoms with Gasteiger partial charge in [-0.25, -0.2) is 4.98 Å². The molecule has 1 amide bonds. The van der Waals surface area contributed by atoms with Crippen molar-refractivity contribution in [3.8, 4) is 0 Å². The van der Waals surface area contributed by atoms with Crippen LogP contribution in [0.15, 0.2) is 6.20 Å². The van der Waals surface area contributed by atoms with Crippen LogP contribution < -0.4 is 16.4 Å². The van der Waals surface area contributed by atoms with Gasteiger partial charge in [0, 0.05) is 25.4 Å². The Balaban J connectivity index is 2.09. The van der Waals surface area contributed by atoms with E-state index >= 15 is 0 Å². The second-order valence-corrected chi connectivity index (χ2v) is 6.85. The van der Waals surface area contributed by atoms with Crippen molar-refractivity contribution in [1.29, 1.82) is 0 Å². The van der Waals surface area contributed by atoms with E-state index in [-0.39, 0.29) is 6.04 Å². The van der Waals surface area contributed by atoms with E-state index < -0.39 is 5.91 Å². The van der Waals surface area contributed by atoms with Crippen LogP contribution in [0.3, 0.4) is 0 Å². The number of nitrogens with one attached hydrogen (secondary N) is 2. The molecule has 0 aliphatic heterocycles. The van der Waals surface area contributed by atoms with Gasteiger partial charge in [-0.3, -0.25) is 4.79 Å². The van der Waals surface area contributed by atoms with Gasteiger partial charge in [0.1, 0.15) is 5.82 Å². The lowest BCUT2D eigenvalue weighted by atomic mass is 9.93. The molecule has 1 heterocycles. The van der Waals surface area contributed by atoms with Crippen molar-refractivity contribution >= 4 is 17.7 Å². The summed E-state index contributed by atoms with van der Waals surface area (Å²) >= 11 is 0. The standard InChI is InChI=1S/C17H29N5O2/c1-10(2)11(3)20-16-14(15(18)23)9-19-17(22-16)21-12-5-7-13(24-4)8-6-12/h9-13H,5-8H2,1-4H3,(H2,18,23)(H2,19,20,21,22)/t11-,12?,13?/m1/s1. The quantitative estimate of drug-likeness (QED) is 0.707. The molecule has 0 unspecified atom stereocenters. The number of ether oxygens (including phenoxy) is 1. The van der Waals surface area contributed by atoms with Gasteiger partial charge in [0.15, 0.2) is 0 Å². The molecule has 134 valence electrons. The normalized spacial score (nSPS) is 22.2. The molecule has 7 heteroatoms. The first-order valence-electron chi connectivity index (χ1n) is 8.63. The molecule has 2 rings (SSSR count). The van der Waals surface area contributed by atoms with Crippen molar-refractivity contribution < 1.29 is 9.53 Å². The van der Waals surface area contributed by atoms with Gasteiger partial charge in [-0.1, -0.05) is 13.8 Å². The molecule has 7 nitrogen and oxygen atoms in total. The first-order valence-corrected chi connectivity index (χ1v) is 8.63. The molecule has 0 radical (unpaired) electrons. The minimum absolute atomic E-state index is 0.169. The molecule has 1 saturated carbocycles. The zero-order valence-electron chi connectivity index (χ0n) is 15.0. The molecular formula is C17H29N5O2. The molecule has 1 atom stereocenters. The van der Waals surface area contributed by atoms with Gasteiger partial charge in [0.25, 0.3) is 5.91 Å². The van der Waals surface area contributed by atoms with Gasteiger partial charge in [0.05, 0.1) is 11.7 Å². The number of nitrogens with two attached hydrogens (primary N) is 1. The van der Waals surface area contributed by atoms with Crippen molar-refractivity contribution in [2.45, 2.75) is 64.6 Å². The number of amides is 1. The van der Waals surface area contributed by atoms with Gasteiger partial charge in [0.2, 0.25) is 5.95 Å². The van der Waals surface area contributed by atoms with Crippen LogP contribution in [0.25, 0.3) is 0 Å². The lowest BCUT2D eigenvalue weighted by Crippen LogP contribution is -2.30. The third kappa shape index (κ3) is 4.80. The average Bonchev–Trinajstić information content (AvgIpc) is 2.55. The van der Waals surface area contributed by atoms with Crippen LogP contribution in [0.2, 0.25) is 0 Å². The smallest absolute Gasteiger partial charge is 0.254 e. The molecule has 1 aromatic heterocycles. The van der Waals surface area contributed by atoms with E-state index in [2.05, 4.69) is 41.4 Å². The Hall–Kier alpha value is -1.89. The number of hydrogen-bond acceptors (Lipinski definition) is 6. The number of rotatable bonds is 7. The molecular weight excluding hydrogens is 306 g/mol. The van der Waals surface area contributed by atoms with Crippen LogP contribution in [0.5, 0.6) is 0 Å². The molecule has 0 saturated heterocycles. The van der Waals surface area contributed by atoms with E-state index in [1.54, 1.807) is 7.11 Å². The zero-order chi connectivity index (χ0) is 17.7. The van der Waals surface area contributed by atoms with Crippen molar-refractivity contribution in [3.63, 3.8) is 0 Å². The molecule has 1 aliphatic carbocycles. The maximum atomic E-state index is 11.6. The number of methoxy groups -OCH3 is 1. The number of carbonyl (C=O) groups is 1. The summed E-state index contributed by atoms with van der Waals surface area (Å²) in [5.74, 6) is 0.896. The van der Waals surface area contributed by atoms with Crippen molar-refractivity contribution in [1.82, 2.24) is 9.97 Å². The van der Waals surface area contributed by atoms with E-state index in [1.807, 2.05) is 0 Å². The van der Waals surface area contributed by atoms with Crippen LogP contribution in [0, 0.1) is 5.92 Å². The summed E-state index contributed by atoms with van der Waals surface area (Å²) in [5, 5.41) is 6.64. The van der Waals surface area contributed by atoms with Gasteiger partial charge in [-0.2, -0.15) is 4.98 Å². The number of primary amides is 1. The van der Waals surface area contributed by atoms with Gasteiger partial charge in [-0.15, -0.1) is 0 Å². The van der Waals surface area contributed by atoms with Crippen molar-refractivity contribution in [2.75, 3.05) is 17.7 Å². The molecule has 1 aromatic rings. The predicted octanol–water partition coefficient (Wildman–Crippen LogP) is 2.40. The number of nitrogens with zero attached hydrogens (tertiary/aromatic N) is 2. The van der Waals surface area contributed by atoms with Crippen molar-refractivity contribution in [2.24, 2.45) is 11.7 Å². The van der Waals surface area contributed by atoms with Crippen molar-refractivity contribution in [3.05, 3.63) is 11.8 Å². The second kappa shape index (κ2) is 8.28. The fourth-order valence-electron chi connectivity index (χ4n) is 2.75. The van der Waals surface area contributed by atoms with Crippen LogP contribution in [-0.4, -0.2) is 41.2 Å². The van der Waals surface area contributed by atoms with Gasteiger partial charge in [-0.05, 0) is 38.5 Å². The SMILES string of the molecule is COC1CCC(Nc2ncc(C(N)=O)c(N[C@H](C)C(C)C)n2)CC1. The van der Waals surface area contributed by atoms with Gasteiger partial charge >= 0.3 is 0 Å². The average molecular weight is 335 g/mol. The van der Waals surface area contributed by atoms with E-state index in [0.29, 0.717) is 35.4 Å². The Morgan fingerprint density at radius 2 is 1.96 bits per heavy atom. The maximum Gasteiger partial charge on any atom is 0.254 e. The summed E-state index contributed by atoms with van der Waals surface area (Å²) in [6.45, 7) is 6.27. The van der Waals surface area contributed by atoms with E-state index in [9.17, 15) is 4.79 Å². The fourth-order valence-corrected chi connectivity index (χ4v) is 2.75. The molecule has 0 spiro atoms. The lowest BCUT2D eigenvalue weighted by molar-refractivity contribution is 0.0681. The fraction of sp³-hybridized carbons (Fsp3) is 0.706. The van der Waals surface area contributed by atoms with Gasteiger partial charge < -0.3 is 21.1 Å². The highest BCUT2D eigenvalue weighted by molar-refractivity contribution is 5.97. The zero-order valence-corrected chi connectivity index (χ0v) is 15.0. The number of aromatic nitrogens is 2. The van der Waals surface area contributed by atoms with Crippen LogP contribution in [0.1, 0.15) is 56.8 Å². The predicted molar refractivity (Wildman–Crippen MR) is 95.1 cm³/mol. The van der Waals surface area contributed by atoms with Crippen LogP contribution >= 0.6 is 0 Å². The Morgan fingerprint density at radius 1 is 1.29 bits per heavy atom. The summed E-state index contributed by atoms with van der Waals surface area (Å²) in [5.41, 5.74) is 5.75. The molecule has 1 fully saturated rings.